The van der Waals surface area contributed by atoms with Crippen LogP contribution in [0, 0.1) is 0 Å². The fraction of sp³-hybridized carbons (Fsp3) is 0.133. The van der Waals surface area contributed by atoms with E-state index in [4.69, 9.17) is 9.47 Å². The number of isocyanates is 1. The predicted octanol–water partition coefficient (Wildman–Crippen LogP) is 3.84. The van der Waals surface area contributed by atoms with Gasteiger partial charge in [0, 0.05) is 0 Å². The summed E-state index contributed by atoms with van der Waals surface area (Å²) in [5.41, 5.74) is 0. The van der Waals surface area contributed by atoms with Crippen molar-refractivity contribution in [3.63, 3.8) is 0 Å². The molecule has 0 aliphatic carbocycles. The van der Waals surface area contributed by atoms with E-state index in [1.54, 1.807) is 0 Å². The van der Waals surface area contributed by atoms with Gasteiger partial charge in [0.25, 0.3) is 0 Å². The summed E-state index contributed by atoms with van der Waals surface area (Å²) in [6.07, 6.45) is 1.46. The maximum Gasteiger partial charge on any atom is 0.247 e. The number of hydrogen-bond acceptors (Lipinski definition) is 5. The van der Waals surface area contributed by atoms with Gasteiger partial charge in [-0.25, -0.2) is 4.79 Å². The molecule has 102 valence electrons. The average Bonchev–Trinajstić information content (AvgIpc) is 2.50. The Hall–Kier alpha value is -2.23. The van der Waals surface area contributed by atoms with Crippen molar-refractivity contribution in [2.45, 2.75) is 0 Å². The third-order valence-corrected chi connectivity index (χ3v) is 2.90. The largest absolute Gasteiger partial charge is 0.493 e. The maximum atomic E-state index is 9.86. The lowest BCUT2D eigenvalue weighted by Gasteiger charge is -2.07. The fourth-order valence-corrected chi connectivity index (χ4v) is 1.80. The highest BCUT2D eigenvalue weighted by Crippen LogP contribution is 2.23. The molecule has 2 rings (SSSR count). The minimum Gasteiger partial charge on any atom is -0.493 e. The normalized spacial score (nSPS) is 9.60. The molecule has 0 N–H and O–H groups in total. The molecule has 2 aromatic rings. The summed E-state index contributed by atoms with van der Waals surface area (Å²) < 4.78 is 14.5. The van der Waals surface area contributed by atoms with Crippen molar-refractivity contribution < 1.29 is 14.3 Å². The van der Waals surface area contributed by atoms with Crippen molar-refractivity contribution in [1.29, 1.82) is 0 Å². The second-order valence-electron chi connectivity index (χ2n) is 3.75. The van der Waals surface area contributed by atoms with Gasteiger partial charge in [-0.15, -0.1) is 4.40 Å². The van der Waals surface area contributed by atoms with Crippen LogP contribution in [0.2, 0.25) is 0 Å². The first-order valence-electron chi connectivity index (χ1n) is 6.03. The molecule has 2 aromatic carbocycles. The predicted molar refractivity (Wildman–Crippen MR) is 79.0 cm³/mol. The lowest BCUT2D eigenvalue weighted by molar-refractivity contribution is 0.343. The Bertz CT molecular complexity index is 565. The summed E-state index contributed by atoms with van der Waals surface area (Å²) in [5, 5.41) is 0. The quantitative estimate of drug-likeness (QED) is 0.336. The van der Waals surface area contributed by atoms with E-state index in [1.165, 1.54) is 6.08 Å². The van der Waals surface area contributed by atoms with Crippen LogP contribution in [0.5, 0.6) is 17.2 Å². The summed E-state index contributed by atoms with van der Waals surface area (Å²) in [6, 6.07) is 17.0. The molecule has 5 heteroatoms. The summed E-state index contributed by atoms with van der Waals surface area (Å²) in [6.45, 7) is 0.481. The van der Waals surface area contributed by atoms with Gasteiger partial charge in [-0.1, -0.05) is 18.2 Å². The smallest absolute Gasteiger partial charge is 0.247 e. The first-order chi connectivity index (χ1) is 9.88. The lowest BCUT2D eigenvalue weighted by atomic mass is 10.3. The van der Waals surface area contributed by atoms with Gasteiger partial charge in [-0.2, -0.15) is 0 Å². The van der Waals surface area contributed by atoms with Gasteiger partial charge in [-0.3, -0.25) is 0 Å². The van der Waals surface area contributed by atoms with Gasteiger partial charge in [0.1, 0.15) is 17.2 Å². The average molecular weight is 287 g/mol. The summed E-state index contributed by atoms with van der Waals surface area (Å²) >= 11 is 1.13. The molecule has 0 saturated carbocycles. The van der Waals surface area contributed by atoms with E-state index >= 15 is 0 Å². The zero-order chi connectivity index (χ0) is 14.0. The third-order valence-electron chi connectivity index (χ3n) is 2.35. The van der Waals surface area contributed by atoms with E-state index in [0.29, 0.717) is 12.4 Å². The Balaban J connectivity index is 1.82. The van der Waals surface area contributed by atoms with E-state index < -0.39 is 0 Å². The van der Waals surface area contributed by atoms with Crippen LogP contribution in [0.25, 0.3) is 0 Å². The molecular formula is C15H13NO3S. The fourth-order valence-electron chi connectivity index (χ4n) is 1.50. The van der Waals surface area contributed by atoms with Gasteiger partial charge in [0.15, 0.2) is 0 Å². The molecule has 0 atom stereocenters. The summed E-state index contributed by atoms with van der Waals surface area (Å²) in [4.78, 5) is 9.86. The number of ether oxygens (including phenoxy) is 2. The van der Waals surface area contributed by atoms with Gasteiger partial charge < -0.3 is 9.47 Å². The molecular weight excluding hydrogens is 274 g/mol. The molecule has 4 nitrogen and oxygen atoms in total. The van der Waals surface area contributed by atoms with Crippen molar-refractivity contribution >= 4 is 18.0 Å². The first kappa shape index (κ1) is 14.2. The molecule has 0 amide bonds. The topological polar surface area (TPSA) is 47.9 Å². The first-order valence-corrected chi connectivity index (χ1v) is 6.97. The van der Waals surface area contributed by atoms with E-state index in [2.05, 4.69) is 4.40 Å². The third kappa shape index (κ3) is 4.80. The molecule has 0 aromatic heterocycles. The van der Waals surface area contributed by atoms with Crippen LogP contribution in [0.3, 0.4) is 0 Å². The molecule has 0 aliphatic rings. The van der Waals surface area contributed by atoms with Crippen LogP contribution in [0.15, 0.2) is 59.0 Å². The Morgan fingerprint density at radius 1 is 0.950 bits per heavy atom. The van der Waals surface area contributed by atoms with Crippen molar-refractivity contribution in [1.82, 2.24) is 0 Å². The molecule has 0 saturated heterocycles. The van der Waals surface area contributed by atoms with Crippen LogP contribution in [-0.4, -0.2) is 18.4 Å². The van der Waals surface area contributed by atoms with Crippen molar-refractivity contribution in [3.8, 4) is 17.2 Å². The number of carbonyl (C=O) groups excluding carboxylic acids is 1. The minimum atomic E-state index is 0.481. The van der Waals surface area contributed by atoms with Crippen LogP contribution in [0.4, 0.5) is 0 Å². The van der Waals surface area contributed by atoms with Gasteiger partial charge in [0.2, 0.25) is 6.08 Å². The number of benzene rings is 2. The van der Waals surface area contributed by atoms with E-state index in [9.17, 15) is 4.79 Å². The number of rotatable bonds is 7. The second-order valence-corrected chi connectivity index (χ2v) is 4.60. The molecule has 0 aliphatic heterocycles. The minimum absolute atomic E-state index is 0.481. The molecule has 0 fully saturated rings. The summed E-state index contributed by atoms with van der Waals surface area (Å²) in [5.74, 6) is 2.91. The molecule has 0 bridgehead atoms. The molecule has 0 unspecified atom stereocenters. The number of hydrogen-bond donors (Lipinski definition) is 0. The Morgan fingerprint density at radius 2 is 1.60 bits per heavy atom. The van der Waals surface area contributed by atoms with E-state index in [0.717, 1.165) is 29.2 Å². The number of nitrogens with zero attached hydrogens (tertiary/aromatic N) is 1. The molecule has 0 spiro atoms. The van der Waals surface area contributed by atoms with Gasteiger partial charge in [0.05, 0.1) is 12.4 Å². The SMILES string of the molecule is O=C=NSCCOc1ccc(Oc2ccccc2)cc1. The van der Waals surface area contributed by atoms with Crippen molar-refractivity contribution in [3.05, 3.63) is 54.6 Å². The Morgan fingerprint density at radius 3 is 2.30 bits per heavy atom. The highest BCUT2D eigenvalue weighted by Gasteiger charge is 1.98. The number of para-hydroxylation sites is 1. The Labute approximate surface area is 121 Å². The molecule has 0 radical (unpaired) electrons. The van der Waals surface area contributed by atoms with Crippen LogP contribution in [-0.2, 0) is 4.79 Å². The van der Waals surface area contributed by atoms with Crippen molar-refractivity contribution in [2.24, 2.45) is 4.40 Å². The van der Waals surface area contributed by atoms with Gasteiger partial charge >= 0.3 is 0 Å². The van der Waals surface area contributed by atoms with E-state index in [-0.39, 0.29) is 0 Å². The standard InChI is InChI=1S/C15H13NO3S/c17-12-16-20-11-10-18-13-6-8-15(9-7-13)19-14-4-2-1-3-5-14/h1-9H,10-11H2. The van der Waals surface area contributed by atoms with Gasteiger partial charge in [-0.05, 0) is 48.3 Å². The molecule has 20 heavy (non-hydrogen) atoms. The maximum absolute atomic E-state index is 9.86. The lowest BCUT2D eigenvalue weighted by Crippen LogP contribution is -1.99. The Kier molecular flexibility index (Phi) is 5.71. The van der Waals surface area contributed by atoms with Crippen LogP contribution < -0.4 is 9.47 Å². The zero-order valence-corrected chi connectivity index (χ0v) is 11.5. The van der Waals surface area contributed by atoms with E-state index in [1.807, 2.05) is 54.6 Å². The summed E-state index contributed by atoms with van der Waals surface area (Å²) in [7, 11) is 0. The highest BCUT2D eigenvalue weighted by atomic mass is 32.2. The second kappa shape index (κ2) is 8.04. The van der Waals surface area contributed by atoms with Crippen LogP contribution >= 0.6 is 11.9 Å². The zero-order valence-electron chi connectivity index (χ0n) is 10.7. The van der Waals surface area contributed by atoms with Crippen molar-refractivity contribution in [2.75, 3.05) is 12.4 Å². The highest BCUT2D eigenvalue weighted by molar-refractivity contribution is 7.98. The monoisotopic (exact) mass is 287 g/mol. The van der Waals surface area contributed by atoms with Crippen LogP contribution in [0.1, 0.15) is 0 Å². The molecule has 0 heterocycles.